The Morgan fingerprint density at radius 2 is 1.49 bits per heavy atom. The number of carbonyl (C=O) groups excluding carboxylic acids is 2. The molecule has 0 fully saturated rings. The Bertz CT molecular complexity index is 1540. The van der Waals surface area contributed by atoms with E-state index in [0.29, 0.717) is 36.4 Å². The zero-order valence-electron chi connectivity index (χ0n) is 24.2. The molecule has 1 amide bonds. The molecule has 6 nitrogen and oxygen atoms in total. The molecule has 2 N–H and O–H groups in total. The second-order valence-electron chi connectivity index (χ2n) is 10.3. The number of amides is 1. The molecule has 0 bridgehead atoms. The van der Waals surface area contributed by atoms with E-state index < -0.39 is 17.9 Å². The Hall–Kier alpha value is -3.76. The molecule has 0 radical (unpaired) electrons. The van der Waals surface area contributed by atoms with E-state index in [1.165, 1.54) is 0 Å². The van der Waals surface area contributed by atoms with Gasteiger partial charge in [0.25, 0.3) is 5.91 Å². The fourth-order valence-electron chi connectivity index (χ4n) is 4.88. The summed E-state index contributed by atoms with van der Waals surface area (Å²) in [5, 5.41) is 12.4. The molecule has 0 saturated carbocycles. The van der Waals surface area contributed by atoms with Crippen molar-refractivity contribution in [1.29, 1.82) is 0 Å². The molecule has 0 heterocycles. The van der Waals surface area contributed by atoms with Crippen molar-refractivity contribution in [3.05, 3.63) is 125 Å². The number of nitrogens with zero attached hydrogens (tertiary/aromatic N) is 1. The van der Waals surface area contributed by atoms with Crippen LogP contribution in [0, 0.1) is 6.92 Å². The third-order valence-electron chi connectivity index (χ3n) is 7.21. The standard InChI is InChI=1S/C35H36N2O4S.Li.H/c1-24-9-7-8-12-30(24)32-21-27(13-18-31(32)34(39)36-33(35(40)41)19-20-42-3)23-37(22-26-10-5-4-6-11-26)29-16-14-28(15-17-29)25(2)38;;/h4-18,21,33H,19-20,22-23H2,1-3H3,(H,36,39)(H,40,41);;. The van der Waals surface area contributed by atoms with Gasteiger partial charge in [0.2, 0.25) is 0 Å². The predicted octanol–water partition coefficient (Wildman–Crippen LogP) is 6.36. The minimum atomic E-state index is -1.04. The molecule has 0 spiro atoms. The molecular weight excluding hydrogens is 551 g/mol. The number of carbonyl (C=O) groups is 3. The van der Waals surface area contributed by atoms with Crippen molar-refractivity contribution in [2.45, 2.75) is 39.4 Å². The van der Waals surface area contributed by atoms with Crippen molar-refractivity contribution >= 4 is 54.0 Å². The number of carboxylic acid groups (broad SMARTS) is 1. The SMILES string of the molecule is CSCCC(NC(=O)c1ccc(CN(Cc2ccccc2)c2ccc(C(C)=O)cc2)cc1-c1ccccc1C)C(=O)O.[LiH]. The summed E-state index contributed by atoms with van der Waals surface area (Å²) in [5.74, 6) is -0.801. The quantitative estimate of drug-likeness (QED) is 0.140. The van der Waals surface area contributed by atoms with Crippen molar-refractivity contribution in [3.63, 3.8) is 0 Å². The number of Topliss-reactive ketones (excluding diaryl/α,β-unsaturated/α-hetero) is 1. The Morgan fingerprint density at radius 1 is 0.837 bits per heavy atom. The van der Waals surface area contributed by atoms with Crippen LogP contribution >= 0.6 is 11.8 Å². The normalized spacial score (nSPS) is 11.2. The van der Waals surface area contributed by atoms with Crippen LogP contribution in [0.3, 0.4) is 0 Å². The monoisotopic (exact) mass is 588 g/mol. The fraction of sp³-hybridized carbons (Fsp3) is 0.229. The summed E-state index contributed by atoms with van der Waals surface area (Å²) < 4.78 is 0. The number of ketones is 1. The van der Waals surface area contributed by atoms with Gasteiger partial charge in [0.1, 0.15) is 6.04 Å². The number of hydrogen-bond donors (Lipinski definition) is 2. The first-order chi connectivity index (χ1) is 20.3. The molecule has 0 saturated heterocycles. The molecule has 0 aliphatic heterocycles. The molecule has 1 unspecified atom stereocenters. The zero-order chi connectivity index (χ0) is 30.1. The van der Waals surface area contributed by atoms with Crippen molar-refractivity contribution in [2.24, 2.45) is 0 Å². The van der Waals surface area contributed by atoms with Gasteiger partial charge < -0.3 is 15.3 Å². The summed E-state index contributed by atoms with van der Waals surface area (Å²) in [7, 11) is 0. The molecule has 0 aromatic heterocycles. The molecule has 4 aromatic carbocycles. The van der Waals surface area contributed by atoms with Crippen LogP contribution in [0.2, 0.25) is 0 Å². The van der Waals surface area contributed by atoms with Crippen LogP contribution in [-0.4, -0.2) is 59.7 Å². The first-order valence-corrected chi connectivity index (χ1v) is 15.3. The van der Waals surface area contributed by atoms with E-state index in [9.17, 15) is 19.5 Å². The number of aliphatic carboxylic acids is 1. The molecule has 8 heteroatoms. The maximum absolute atomic E-state index is 13.5. The molecule has 1 atom stereocenters. The van der Waals surface area contributed by atoms with Gasteiger partial charge in [-0.3, -0.25) is 9.59 Å². The van der Waals surface area contributed by atoms with E-state index >= 15 is 0 Å². The van der Waals surface area contributed by atoms with Crippen molar-refractivity contribution in [1.82, 2.24) is 5.32 Å². The number of rotatable bonds is 13. The van der Waals surface area contributed by atoms with E-state index in [2.05, 4.69) is 22.3 Å². The van der Waals surface area contributed by atoms with Gasteiger partial charge in [-0.1, -0.05) is 60.7 Å². The summed E-state index contributed by atoms with van der Waals surface area (Å²) in [5.41, 5.74) is 6.89. The van der Waals surface area contributed by atoms with Crippen molar-refractivity contribution in [3.8, 4) is 11.1 Å². The second kappa shape index (κ2) is 16.2. The minimum absolute atomic E-state index is 0. The number of anilines is 1. The third kappa shape index (κ3) is 9.11. The van der Waals surface area contributed by atoms with Crippen LogP contribution in [0.25, 0.3) is 11.1 Å². The molecule has 0 aliphatic carbocycles. The van der Waals surface area contributed by atoms with Gasteiger partial charge in [0, 0.05) is 29.9 Å². The summed E-state index contributed by atoms with van der Waals surface area (Å²) in [6.07, 6.45) is 2.26. The van der Waals surface area contributed by atoms with E-state index in [1.54, 1.807) is 24.8 Å². The average Bonchev–Trinajstić information content (AvgIpc) is 2.99. The van der Waals surface area contributed by atoms with E-state index in [1.807, 2.05) is 92.0 Å². The number of aryl methyl sites for hydroxylation is 1. The first-order valence-electron chi connectivity index (χ1n) is 13.9. The molecule has 218 valence electrons. The van der Waals surface area contributed by atoms with Crippen LogP contribution in [0.5, 0.6) is 0 Å². The van der Waals surface area contributed by atoms with E-state index in [0.717, 1.165) is 33.5 Å². The van der Waals surface area contributed by atoms with Gasteiger partial charge in [-0.05, 0) is 96.5 Å². The van der Waals surface area contributed by atoms with Gasteiger partial charge in [-0.2, -0.15) is 11.8 Å². The van der Waals surface area contributed by atoms with Gasteiger partial charge in [-0.15, -0.1) is 0 Å². The first kappa shape index (κ1) is 33.7. The van der Waals surface area contributed by atoms with Crippen LogP contribution in [0.15, 0.2) is 97.1 Å². The molecule has 4 aromatic rings. The molecule has 43 heavy (non-hydrogen) atoms. The fourth-order valence-corrected chi connectivity index (χ4v) is 5.36. The van der Waals surface area contributed by atoms with Gasteiger partial charge in [0.05, 0.1) is 0 Å². The number of carboxylic acids is 1. The number of thioether (sulfide) groups is 1. The summed E-state index contributed by atoms with van der Waals surface area (Å²) >= 11 is 1.54. The Labute approximate surface area is 270 Å². The average molecular weight is 589 g/mol. The van der Waals surface area contributed by atoms with Gasteiger partial charge >= 0.3 is 24.8 Å². The van der Waals surface area contributed by atoms with Crippen LogP contribution in [-0.2, 0) is 17.9 Å². The zero-order valence-corrected chi connectivity index (χ0v) is 25.0. The van der Waals surface area contributed by atoms with Crippen LogP contribution < -0.4 is 10.2 Å². The predicted molar refractivity (Wildman–Crippen MR) is 178 cm³/mol. The molecule has 4 rings (SSSR count). The maximum atomic E-state index is 13.5. The van der Waals surface area contributed by atoms with Crippen LogP contribution in [0.1, 0.15) is 50.8 Å². The molecular formula is C35H37LiN2O4S. The summed E-state index contributed by atoms with van der Waals surface area (Å²) in [6.45, 7) is 4.77. The van der Waals surface area contributed by atoms with E-state index in [4.69, 9.17) is 0 Å². The Balaban J connectivity index is 0.00000506. The number of nitrogens with one attached hydrogen (secondary N) is 1. The van der Waals surface area contributed by atoms with Crippen molar-refractivity contribution < 1.29 is 19.5 Å². The Kier molecular flexibility index (Phi) is 12.7. The number of hydrogen-bond acceptors (Lipinski definition) is 5. The van der Waals surface area contributed by atoms with Gasteiger partial charge in [-0.25, -0.2) is 4.79 Å². The number of benzene rings is 4. The Morgan fingerprint density at radius 3 is 2.12 bits per heavy atom. The third-order valence-corrected chi connectivity index (χ3v) is 7.85. The molecule has 0 aliphatic rings. The second-order valence-corrected chi connectivity index (χ2v) is 11.3. The van der Waals surface area contributed by atoms with Crippen LogP contribution in [0.4, 0.5) is 5.69 Å². The summed E-state index contributed by atoms with van der Waals surface area (Å²) in [4.78, 5) is 39.4. The van der Waals surface area contributed by atoms with Gasteiger partial charge in [0.15, 0.2) is 5.78 Å². The van der Waals surface area contributed by atoms with E-state index in [-0.39, 0.29) is 24.6 Å². The summed E-state index contributed by atoms with van der Waals surface area (Å²) in [6, 6.07) is 30.5. The topological polar surface area (TPSA) is 86.7 Å². The van der Waals surface area contributed by atoms with Crippen molar-refractivity contribution in [2.75, 3.05) is 16.9 Å².